The van der Waals surface area contributed by atoms with Crippen LogP contribution in [0.4, 0.5) is 0 Å². The first-order valence-corrected chi connectivity index (χ1v) is 10.5. The fourth-order valence-corrected chi connectivity index (χ4v) is 2.53. The van der Waals surface area contributed by atoms with E-state index in [0.717, 1.165) is 26.2 Å². The van der Waals surface area contributed by atoms with Crippen LogP contribution < -0.4 is 0 Å². The summed E-state index contributed by atoms with van der Waals surface area (Å²) in [7, 11) is 0. The lowest BCUT2D eigenvalue weighted by Crippen LogP contribution is -2.33. The summed E-state index contributed by atoms with van der Waals surface area (Å²) in [5.41, 5.74) is -0.443. The molecule has 0 radical (unpaired) electrons. The molecule has 0 aromatic heterocycles. The second-order valence-electron chi connectivity index (χ2n) is 6.55. The summed E-state index contributed by atoms with van der Waals surface area (Å²) in [5, 5.41) is 0. The molecule has 0 aromatic rings. The number of ether oxygens (including phenoxy) is 2. The van der Waals surface area contributed by atoms with Gasteiger partial charge in [-0.05, 0) is 25.7 Å². The van der Waals surface area contributed by atoms with Crippen LogP contribution in [0.15, 0.2) is 0 Å². The molecule has 146 valence electrons. The van der Waals surface area contributed by atoms with Crippen LogP contribution in [0, 0.1) is 0 Å². The molecule has 0 saturated heterocycles. The van der Waals surface area contributed by atoms with Crippen molar-refractivity contribution in [3.63, 3.8) is 0 Å². The Morgan fingerprint density at radius 3 is 1.17 bits per heavy atom. The smallest absolute Gasteiger partial charge is 0.206 e. The Morgan fingerprint density at radius 1 is 0.625 bits per heavy atom. The summed E-state index contributed by atoms with van der Waals surface area (Å²) in [6.45, 7) is 14.5. The SMILES string of the molecule is CCCCN(CCCC)COC(S)OCN(CCCC)CCCC. The van der Waals surface area contributed by atoms with E-state index in [2.05, 4.69) is 50.1 Å². The molecule has 0 aliphatic heterocycles. The van der Waals surface area contributed by atoms with Gasteiger partial charge in [-0.1, -0.05) is 53.4 Å². The van der Waals surface area contributed by atoms with E-state index in [0.29, 0.717) is 13.5 Å². The zero-order valence-corrected chi connectivity index (χ0v) is 17.5. The third-order valence-corrected chi connectivity index (χ3v) is 4.41. The predicted octanol–water partition coefficient (Wildman–Crippen LogP) is 4.95. The number of hydrogen-bond donors (Lipinski definition) is 1. The van der Waals surface area contributed by atoms with Crippen LogP contribution in [0.5, 0.6) is 0 Å². The third kappa shape index (κ3) is 14.5. The van der Waals surface area contributed by atoms with Crippen molar-refractivity contribution in [3.05, 3.63) is 0 Å². The fraction of sp³-hybridized carbons (Fsp3) is 1.00. The summed E-state index contributed by atoms with van der Waals surface area (Å²) in [5.74, 6) is 0. The van der Waals surface area contributed by atoms with Crippen molar-refractivity contribution < 1.29 is 9.47 Å². The minimum atomic E-state index is -0.443. The second-order valence-corrected chi connectivity index (χ2v) is 6.97. The Hall–Kier alpha value is 0.190. The fourth-order valence-electron chi connectivity index (χ4n) is 2.40. The van der Waals surface area contributed by atoms with Gasteiger partial charge in [-0.3, -0.25) is 9.80 Å². The molecule has 0 amide bonds. The maximum Gasteiger partial charge on any atom is 0.206 e. The number of thiol groups is 1. The largest absolute Gasteiger partial charge is 0.328 e. The van der Waals surface area contributed by atoms with Gasteiger partial charge in [0, 0.05) is 26.2 Å². The maximum atomic E-state index is 5.80. The first kappa shape index (κ1) is 24.2. The van der Waals surface area contributed by atoms with E-state index in [1.165, 1.54) is 51.4 Å². The molecule has 0 rings (SSSR count). The molecule has 0 aliphatic carbocycles. The molecule has 24 heavy (non-hydrogen) atoms. The minimum absolute atomic E-state index is 0.443. The minimum Gasteiger partial charge on any atom is -0.328 e. The van der Waals surface area contributed by atoms with Crippen molar-refractivity contribution in [3.8, 4) is 0 Å². The molecule has 0 spiro atoms. The first-order chi connectivity index (χ1) is 11.7. The highest BCUT2D eigenvalue weighted by molar-refractivity contribution is 7.80. The predicted molar refractivity (Wildman–Crippen MR) is 107 cm³/mol. The molecule has 0 unspecified atom stereocenters. The molecular formula is C19H42N2O2S. The summed E-state index contributed by atoms with van der Waals surface area (Å²) >= 11 is 4.45. The van der Waals surface area contributed by atoms with Crippen LogP contribution in [-0.2, 0) is 9.47 Å². The van der Waals surface area contributed by atoms with E-state index >= 15 is 0 Å². The quantitative estimate of drug-likeness (QED) is 0.275. The highest BCUT2D eigenvalue weighted by Crippen LogP contribution is 2.07. The highest BCUT2D eigenvalue weighted by Gasteiger charge is 2.11. The van der Waals surface area contributed by atoms with Gasteiger partial charge in [0.05, 0.1) is 0 Å². The summed E-state index contributed by atoms with van der Waals surface area (Å²) < 4.78 is 11.6. The van der Waals surface area contributed by atoms with Crippen LogP contribution in [0.2, 0.25) is 0 Å². The third-order valence-electron chi connectivity index (χ3n) is 4.11. The van der Waals surface area contributed by atoms with Gasteiger partial charge in [-0.25, -0.2) is 0 Å². The van der Waals surface area contributed by atoms with Crippen molar-refractivity contribution in [2.24, 2.45) is 0 Å². The number of rotatable bonds is 18. The summed E-state index contributed by atoms with van der Waals surface area (Å²) in [6, 6.07) is 0. The number of hydrogen-bond acceptors (Lipinski definition) is 5. The topological polar surface area (TPSA) is 24.9 Å². The zero-order valence-electron chi connectivity index (χ0n) is 16.6. The molecule has 4 nitrogen and oxygen atoms in total. The lowest BCUT2D eigenvalue weighted by molar-refractivity contribution is -0.137. The van der Waals surface area contributed by atoms with Crippen LogP contribution in [0.1, 0.15) is 79.1 Å². The van der Waals surface area contributed by atoms with Gasteiger partial charge >= 0.3 is 0 Å². The van der Waals surface area contributed by atoms with E-state index in [1.807, 2.05) is 0 Å². The lowest BCUT2D eigenvalue weighted by atomic mass is 10.3. The molecule has 0 aromatic carbocycles. The molecule has 5 heteroatoms. The Morgan fingerprint density at radius 2 is 0.917 bits per heavy atom. The van der Waals surface area contributed by atoms with E-state index in [9.17, 15) is 0 Å². The Bertz CT molecular complexity index is 218. The van der Waals surface area contributed by atoms with Gasteiger partial charge in [0.2, 0.25) is 5.62 Å². The Kier molecular flexibility index (Phi) is 18.1. The van der Waals surface area contributed by atoms with Crippen molar-refractivity contribution in [2.75, 3.05) is 39.6 Å². The Balaban J connectivity index is 4.05. The first-order valence-electron chi connectivity index (χ1n) is 10.0. The molecule has 0 fully saturated rings. The zero-order chi connectivity index (χ0) is 18.0. The molecule has 0 N–H and O–H groups in total. The Labute approximate surface area is 156 Å². The monoisotopic (exact) mass is 362 g/mol. The average Bonchev–Trinajstić information content (AvgIpc) is 2.60. The van der Waals surface area contributed by atoms with Gasteiger partial charge in [-0.15, -0.1) is 12.6 Å². The van der Waals surface area contributed by atoms with Crippen molar-refractivity contribution >= 4 is 12.6 Å². The normalized spacial score (nSPS) is 12.0. The summed E-state index contributed by atoms with van der Waals surface area (Å²) in [4.78, 5) is 4.73. The lowest BCUT2D eigenvalue weighted by Gasteiger charge is -2.26. The molecule has 0 bridgehead atoms. The van der Waals surface area contributed by atoms with Gasteiger partial charge in [0.1, 0.15) is 13.5 Å². The van der Waals surface area contributed by atoms with E-state index in [-0.39, 0.29) is 0 Å². The van der Waals surface area contributed by atoms with Gasteiger partial charge < -0.3 is 9.47 Å². The van der Waals surface area contributed by atoms with Crippen LogP contribution in [0.3, 0.4) is 0 Å². The maximum absolute atomic E-state index is 5.80. The van der Waals surface area contributed by atoms with Gasteiger partial charge in [0.25, 0.3) is 0 Å². The average molecular weight is 363 g/mol. The van der Waals surface area contributed by atoms with Crippen LogP contribution in [0.25, 0.3) is 0 Å². The van der Waals surface area contributed by atoms with Crippen molar-refractivity contribution in [1.29, 1.82) is 0 Å². The second kappa shape index (κ2) is 18.0. The molecule has 0 atom stereocenters. The number of unbranched alkanes of at least 4 members (excludes halogenated alkanes) is 4. The van der Waals surface area contributed by atoms with Crippen molar-refractivity contribution in [2.45, 2.75) is 84.7 Å². The molecule has 0 heterocycles. The van der Waals surface area contributed by atoms with Gasteiger partial charge in [-0.2, -0.15) is 0 Å². The molecule has 0 saturated carbocycles. The van der Waals surface area contributed by atoms with E-state index in [4.69, 9.17) is 9.47 Å². The van der Waals surface area contributed by atoms with Crippen molar-refractivity contribution in [1.82, 2.24) is 9.80 Å². The van der Waals surface area contributed by atoms with Crippen LogP contribution >= 0.6 is 12.6 Å². The number of nitrogens with zero attached hydrogens (tertiary/aromatic N) is 2. The summed E-state index contributed by atoms with van der Waals surface area (Å²) in [6.07, 6.45) is 9.72. The molecule has 0 aliphatic rings. The van der Waals surface area contributed by atoms with E-state index < -0.39 is 5.62 Å². The molecular weight excluding hydrogens is 320 g/mol. The van der Waals surface area contributed by atoms with E-state index in [1.54, 1.807) is 0 Å². The van der Waals surface area contributed by atoms with Crippen LogP contribution in [-0.4, -0.2) is 55.1 Å². The van der Waals surface area contributed by atoms with Gasteiger partial charge in [0.15, 0.2) is 0 Å². The standard InChI is InChI=1S/C19H42N2O2S/c1-5-9-13-20(14-10-6-2)17-22-19(24)23-18-21(15-11-7-3)16-12-8-4/h19,24H,5-18H2,1-4H3. The highest BCUT2D eigenvalue weighted by atomic mass is 32.1.